The molecular formula is C20H35N2O8P. The van der Waals surface area contributed by atoms with Crippen LogP contribution in [-0.4, -0.2) is 57.3 Å². The number of carbonyl (C=O) groups is 1. The Morgan fingerprint density at radius 1 is 1.00 bits per heavy atom. The maximum absolute atomic E-state index is 12.8. The predicted octanol–water partition coefficient (Wildman–Crippen LogP) is 2.67. The van der Waals surface area contributed by atoms with Gasteiger partial charge in [0, 0.05) is 19.6 Å². The number of rotatable bonds is 14. The summed E-state index contributed by atoms with van der Waals surface area (Å²) in [5, 5.41) is 2.65. The normalized spacial score (nSPS) is 12.1. The molecule has 1 amide bonds. The van der Waals surface area contributed by atoms with Crippen molar-refractivity contribution >= 4 is 19.4 Å². The van der Waals surface area contributed by atoms with Crippen molar-refractivity contribution in [3.05, 3.63) is 20.4 Å². The van der Waals surface area contributed by atoms with E-state index in [1.165, 1.54) is 0 Å². The Hall–Kier alpha value is -1.90. The molecule has 0 aliphatic rings. The third-order valence-electron chi connectivity index (χ3n) is 4.02. The van der Waals surface area contributed by atoms with E-state index in [1.807, 2.05) is 0 Å². The molecule has 0 fully saturated rings. The molecule has 0 unspecified atom stereocenters. The van der Waals surface area contributed by atoms with E-state index < -0.39 is 30.1 Å². The van der Waals surface area contributed by atoms with Crippen LogP contribution in [0.15, 0.2) is 9.59 Å². The Morgan fingerprint density at radius 2 is 1.61 bits per heavy atom. The van der Waals surface area contributed by atoms with Crippen molar-refractivity contribution in [3.8, 4) is 5.75 Å². The van der Waals surface area contributed by atoms with Gasteiger partial charge in [-0.05, 0) is 48.0 Å². The van der Waals surface area contributed by atoms with Crippen LogP contribution in [0, 0.1) is 0 Å². The van der Waals surface area contributed by atoms with Crippen LogP contribution in [-0.2, 0) is 18.3 Å². The van der Waals surface area contributed by atoms with E-state index in [2.05, 4.69) is 5.32 Å². The second-order valence-electron chi connectivity index (χ2n) is 7.71. The molecule has 0 radical (unpaired) electrons. The lowest BCUT2D eigenvalue weighted by atomic mass is 10.2. The average molecular weight is 462 g/mol. The minimum atomic E-state index is -3.34. The molecule has 0 spiro atoms. The molecule has 0 aliphatic heterocycles. The molecule has 0 aliphatic carbocycles. The van der Waals surface area contributed by atoms with E-state index in [0.717, 1.165) is 0 Å². The van der Waals surface area contributed by atoms with Crippen molar-refractivity contribution in [3.63, 3.8) is 0 Å². The fraction of sp³-hybridized carbons (Fsp3) is 0.750. The first-order valence-electron chi connectivity index (χ1n) is 10.5. The summed E-state index contributed by atoms with van der Waals surface area (Å²) < 4.78 is 33.9. The Labute approximate surface area is 183 Å². The molecule has 0 bridgehead atoms. The Morgan fingerprint density at radius 3 is 2.13 bits per heavy atom. The first kappa shape index (κ1) is 27.1. The molecule has 1 N–H and O–H groups in total. The Kier molecular flexibility index (Phi) is 10.7. The molecule has 1 aromatic rings. The van der Waals surface area contributed by atoms with Crippen molar-refractivity contribution in [1.82, 2.24) is 5.32 Å². The van der Waals surface area contributed by atoms with Gasteiger partial charge in [0.2, 0.25) is 0 Å². The van der Waals surface area contributed by atoms with Crippen molar-refractivity contribution in [2.24, 2.45) is 0 Å². The molecular weight excluding hydrogens is 427 g/mol. The van der Waals surface area contributed by atoms with E-state index in [0.29, 0.717) is 19.5 Å². The van der Waals surface area contributed by atoms with Gasteiger partial charge in [0.15, 0.2) is 5.75 Å². The van der Waals surface area contributed by atoms with Crippen LogP contribution < -0.4 is 25.8 Å². The molecule has 31 heavy (non-hydrogen) atoms. The SMILES string of the molecule is CCOc1c(N(CCCNC(=O)OC(C)(C)C)CCP(=O)(OCC)OCC)c(=O)c1=O. The number of alkyl carbamates (subject to hydrolysis) is 1. The van der Waals surface area contributed by atoms with Gasteiger partial charge in [-0.25, -0.2) is 4.79 Å². The summed E-state index contributed by atoms with van der Waals surface area (Å²) in [6.07, 6.45) is -0.0456. The summed E-state index contributed by atoms with van der Waals surface area (Å²) in [5.74, 6) is 0.00949. The van der Waals surface area contributed by atoms with Crippen LogP contribution in [0.25, 0.3) is 0 Å². The second-order valence-corrected chi connectivity index (χ2v) is 9.89. The van der Waals surface area contributed by atoms with Gasteiger partial charge >= 0.3 is 13.7 Å². The van der Waals surface area contributed by atoms with Crippen LogP contribution in [0.2, 0.25) is 0 Å². The maximum atomic E-state index is 12.8. The van der Waals surface area contributed by atoms with Gasteiger partial charge in [-0.2, -0.15) is 0 Å². The van der Waals surface area contributed by atoms with Crippen LogP contribution in [0.5, 0.6) is 5.75 Å². The maximum Gasteiger partial charge on any atom is 0.407 e. The largest absolute Gasteiger partial charge is 0.488 e. The van der Waals surface area contributed by atoms with Crippen LogP contribution >= 0.6 is 7.60 Å². The quantitative estimate of drug-likeness (QED) is 0.253. The van der Waals surface area contributed by atoms with Gasteiger partial charge in [-0.15, -0.1) is 0 Å². The van der Waals surface area contributed by atoms with Crippen molar-refractivity contribution < 1.29 is 27.9 Å². The molecule has 1 aromatic carbocycles. The minimum absolute atomic E-state index is 0.00949. The summed E-state index contributed by atoms with van der Waals surface area (Å²) in [4.78, 5) is 37.5. The zero-order chi connectivity index (χ0) is 23.7. The van der Waals surface area contributed by atoms with Crippen molar-refractivity contribution in [2.45, 2.75) is 53.6 Å². The van der Waals surface area contributed by atoms with E-state index >= 15 is 0 Å². The highest BCUT2D eigenvalue weighted by Crippen LogP contribution is 2.47. The molecule has 178 valence electrons. The van der Waals surface area contributed by atoms with Crippen LogP contribution in [0.1, 0.15) is 48.0 Å². The number of hydrogen-bond donors (Lipinski definition) is 1. The summed E-state index contributed by atoms with van der Waals surface area (Å²) in [6.45, 7) is 11.9. The van der Waals surface area contributed by atoms with E-state index in [4.69, 9.17) is 18.5 Å². The molecule has 0 aromatic heterocycles. The first-order valence-corrected chi connectivity index (χ1v) is 12.3. The topological polar surface area (TPSA) is 120 Å². The lowest BCUT2D eigenvalue weighted by Crippen LogP contribution is -2.43. The lowest BCUT2D eigenvalue weighted by molar-refractivity contribution is 0.0527. The van der Waals surface area contributed by atoms with E-state index in [9.17, 15) is 18.9 Å². The first-order chi connectivity index (χ1) is 14.5. The van der Waals surface area contributed by atoms with Crippen LogP contribution in [0.3, 0.4) is 0 Å². The molecule has 0 saturated heterocycles. The fourth-order valence-corrected chi connectivity index (χ4v) is 4.44. The fourth-order valence-electron chi connectivity index (χ4n) is 2.84. The number of carbonyl (C=O) groups excluding carboxylic acids is 1. The number of nitrogens with one attached hydrogen (secondary N) is 1. The highest BCUT2D eigenvalue weighted by Gasteiger charge is 2.30. The van der Waals surface area contributed by atoms with Crippen molar-refractivity contribution in [1.29, 1.82) is 0 Å². The van der Waals surface area contributed by atoms with E-state index in [-0.39, 0.29) is 44.0 Å². The molecule has 0 heterocycles. The standard InChI is InChI=1S/C20H35N2O8P/c1-7-27-18-15(16(23)17(18)24)22(13-14-31(26,28-8-2)29-9-3)12-10-11-21-19(25)30-20(4,5)6/h7-14H2,1-6H3,(H,21,25). The summed E-state index contributed by atoms with van der Waals surface area (Å²) >= 11 is 0. The third-order valence-corrected chi connectivity index (χ3v) is 6.07. The highest BCUT2D eigenvalue weighted by atomic mass is 31.2. The number of amides is 1. The van der Waals surface area contributed by atoms with Gasteiger partial charge in [0.1, 0.15) is 11.3 Å². The molecule has 11 heteroatoms. The molecule has 0 saturated carbocycles. The Bertz CT molecular complexity index is 816. The van der Waals surface area contributed by atoms with Gasteiger partial charge in [0.25, 0.3) is 10.9 Å². The van der Waals surface area contributed by atoms with E-state index in [1.54, 1.807) is 46.4 Å². The van der Waals surface area contributed by atoms with Gasteiger partial charge < -0.3 is 28.7 Å². The van der Waals surface area contributed by atoms with Gasteiger partial charge in [-0.1, -0.05) is 0 Å². The summed E-state index contributed by atoms with van der Waals surface area (Å²) in [6, 6.07) is 0. The minimum Gasteiger partial charge on any atom is -0.488 e. The number of anilines is 1. The number of hydrogen-bond acceptors (Lipinski definition) is 9. The van der Waals surface area contributed by atoms with Crippen molar-refractivity contribution in [2.75, 3.05) is 50.5 Å². The number of ether oxygens (including phenoxy) is 2. The zero-order valence-corrected chi connectivity index (χ0v) is 20.2. The monoisotopic (exact) mass is 462 g/mol. The predicted molar refractivity (Wildman–Crippen MR) is 119 cm³/mol. The van der Waals surface area contributed by atoms with Gasteiger partial charge in [0.05, 0.1) is 26.0 Å². The number of nitrogens with zero attached hydrogens (tertiary/aromatic N) is 1. The zero-order valence-electron chi connectivity index (χ0n) is 19.3. The second kappa shape index (κ2) is 12.2. The highest BCUT2D eigenvalue weighted by molar-refractivity contribution is 7.53. The smallest absolute Gasteiger partial charge is 0.407 e. The Balaban J connectivity index is 2.86. The summed E-state index contributed by atoms with van der Waals surface area (Å²) in [5.41, 5.74) is -1.77. The molecule has 1 rings (SSSR count). The average Bonchev–Trinajstić information content (AvgIpc) is 2.67. The third kappa shape index (κ3) is 8.63. The van der Waals surface area contributed by atoms with Gasteiger partial charge in [-0.3, -0.25) is 14.2 Å². The molecule has 0 atom stereocenters. The summed E-state index contributed by atoms with van der Waals surface area (Å²) in [7, 11) is -3.34. The van der Waals surface area contributed by atoms with Crippen LogP contribution in [0.4, 0.5) is 10.5 Å². The molecule has 10 nitrogen and oxygen atoms in total. The lowest BCUT2D eigenvalue weighted by Gasteiger charge is -2.28.